The molecule has 0 amide bonds. The normalized spacial score (nSPS) is 22.7. The Balaban J connectivity index is 1.44. The molecule has 0 spiro atoms. The van der Waals surface area contributed by atoms with Gasteiger partial charge in [0.1, 0.15) is 5.82 Å². The summed E-state index contributed by atoms with van der Waals surface area (Å²) in [6, 6.07) is 20.7. The van der Waals surface area contributed by atoms with Crippen molar-refractivity contribution in [2.75, 3.05) is 22.9 Å². The zero-order valence-electron chi connectivity index (χ0n) is 23.8. The summed E-state index contributed by atoms with van der Waals surface area (Å²) in [7, 11) is 0. The number of nitrogens with zero attached hydrogens (tertiary/aromatic N) is 4. The SMILES string of the molecule is Cc1cc([C@H]2[C@H](c3ccccn3)NC(=S)N2c2ccc(N3C[C@H](C)C[C@H](C)C3)c(Cl)c2)c(C)n1-c1cccc(F)c1. The number of aryl methyl sites for hydroxylation is 1. The van der Waals surface area contributed by atoms with E-state index in [2.05, 4.69) is 65.6 Å². The molecular formula is C33H35ClFN5S. The lowest BCUT2D eigenvalue weighted by molar-refractivity contribution is 0.357. The van der Waals surface area contributed by atoms with Gasteiger partial charge in [-0.25, -0.2) is 4.39 Å². The van der Waals surface area contributed by atoms with Gasteiger partial charge >= 0.3 is 0 Å². The van der Waals surface area contributed by atoms with Crippen LogP contribution in [0.5, 0.6) is 0 Å². The van der Waals surface area contributed by atoms with Crippen molar-refractivity contribution in [3.63, 3.8) is 0 Å². The Morgan fingerprint density at radius 1 is 0.951 bits per heavy atom. The molecule has 0 unspecified atom stereocenters. The molecule has 2 aliphatic heterocycles. The zero-order valence-corrected chi connectivity index (χ0v) is 25.4. The maximum Gasteiger partial charge on any atom is 0.174 e. The summed E-state index contributed by atoms with van der Waals surface area (Å²) in [6.45, 7) is 10.8. The lowest BCUT2D eigenvalue weighted by Gasteiger charge is -2.37. The molecule has 4 aromatic rings. The Labute approximate surface area is 252 Å². The summed E-state index contributed by atoms with van der Waals surface area (Å²) in [5.74, 6) is 0.990. The molecule has 41 heavy (non-hydrogen) atoms. The Morgan fingerprint density at radius 3 is 2.41 bits per heavy atom. The Kier molecular flexibility index (Phi) is 7.51. The van der Waals surface area contributed by atoms with Crippen LogP contribution in [0, 0.1) is 31.5 Å². The predicted molar refractivity (Wildman–Crippen MR) is 170 cm³/mol. The largest absolute Gasteiger partial charge is 0.370 e. The highest BCUT2D eigenvalue weighted by Gasteiger charge is 2.42. The first-order chi connectivity index (χ1) is 19.7. The lowest BCUT2D eigenvalue weighted by Crippen LogP contribution is -2.38. The number of benzene rings is 2. The van der Waals surface area contributed by atoms with E-state index in [1.54, 1.807) is 12.1 Å². The van der Waals surface area contributed by atoms with Gasteiger partial charge in [-0.05, 0) is 104 Å². The number of piperidine rings is 1. The quantitative estimate of drug-likeness (QED) is 0.240. The molecule has 0 saturated carbocycles. The third kappa shape index (κ3) is 5.22. The average molecular weight is 588 g/mol. The first kappa shape index (κ1) is 27.7. The van der Waals surface area contributed by atoms with Crippen LogP contribution >= 0.6 is 23.8 Å². The highest BCUT2D eigenvalue weighted by molar-refractivity contribution is 7.80. The second-order valence-electron chi connectivity index (χ2n) is 11.6. The smallest absolute Gasteiger partial charge is 0.174 e. The van der Waals surface area contributed by atoms with Crippen molar-refractivity contribution in [2.24, 2.45) is 11.8 Å². The molecule has 2 aromatic carbocycles. The van der Waals surface area contributed by atoms with E-state index in [0.29, 0.717) is 16.9 Å². The maximum atomic E-state index is 14.2. The Morgan fingerprint density at radius 2 is 1.73 bits per heavy atom. The fourth-order valence-electron chi connectivity index (χ4n) is 6.81. The van der Waals surface area contributed by atoms with Crippen LogP contribution in [0.1, 0.15) is 55.0 Å². The molecule has 0 aliphatic carbocycles. The van der Waals surface area contributed by atoms with E-state index in [4.69, 9.17) is 28.8 Å². The van der Waals surface area contributed by atoms with Gasteiger partial charge in [-0.3, -0.25) is 4.98 Å². The van der Waals surface area contributed by atoms with Crippen LogP contribution in [0.25, 0.3) is 5.69 Å². The van der Waals surface area contributed by atoms with Crippen molar-refractivity contribution in [3.8, 4) is 5.69 Å². The fraction of sp³-hybridized carbons (Fsp3) is 0.333. The van der Waals surface area contributed by atoms with Crippen LogP contribution in [0.2, 0.25) is 5.02 Å². The van der Waals surface area contributed by atoms with E-state index < -0.39 is 0 Å². The van der Waals surface area contributed by atoms with E-state index in [1.165, 1.54) is 12.5 Å². The third-order valence-electron chi connectivity index (χ3n) is 8.37. The van der Waals surface area contributed by atoms with Crippen LogP contribution in [-0.4, -0.2) is 27.8 Å². The fourth-order valence-corrected chi connectivity index (χ4v) is 7.45. The van der Waals surface area contributed by atoms with E-state index in [1.807, 2.05) is 36.5 Å². The number of hydrogen-bond donors (Lipinski definition) is 1. The second kappa shape index (κ2) is 11.1. The van der Waals surface area contributed by atoms with Gasteiger partial charge in [0.15, 0.2) is 5.11 Å². The minimum Gasteiger partial charge on any atom is -0.370 e. The van der Waals surface area contributed by atoms with Crippen LogP contribution < -0.4 is 15.1 Å². The van der Waals surface area contributed by atoms with Gasteiger partial charge in [-0.1, -0.05) is 37.6 Å². The van der Waals surface area contributed by atoms with Crippen LogP contribution in [0.3, 0.4) is 0 Å². The average Bonchev–Trinajstić information content (AvgIpc) is 3.43. The third-order valence-corrected chi connectivity index (χ3v) is 8.99. The number of thiocarbonyl (C=S) groups is 1. The number of hydrogen-bond acceptors (Lipinski definition) is 3. The summed E-state index contributed by atoms with van der Waals surface area (Å²) in [5, 5.41) is 4.89. The molecule has 2 aliphatic rings. The summed E-state index contributed by atoms with van der Waals surface area (Å²) in [4.78, 5) is 9.26. The standard InChI is InChI=1S/C33H35ClFN5S/c1-20-14-21(2)19-38(18-20)30-12-11-26(17-28(30)34)40-32(31(37-33(40)41)29-10-5-6-13-36-29)27-15-22(3)39(23(27)4)25-9-7-8-24(35)16-25/h5-13,15-17,20-21,31-32H,14,18-19H2,1-4H3,(H,37,41)/t20-,21+,31-,32-/m0/s1. The number of anilines is 2. The minimum absolute atomic E-state index is 0.188. The van der Waals surface area contributed by atoms with Gasteiger partial charge in [0.2, 0.25) is 0 Å². The zero-order chi connectivity index (χ0) is 28.8. The van der Waals surface area contributed by atoms with Crippen molar-refractivity contribution < 1.29 is 4.39 Å². The lowest BCUT2D eigenvalue weighted by atomic mass is 9.91. The molecule has 5 nitrogen and oxygen atoms in total. The molecule has 4 heterocycles. The molecule has 4 atom stereocenters. The summed E-state index contributed by atoms with van der Waals surface area (Å²) >= 11 is 13.0. The van der Waals surface area contributed by atoms with Gasteiger partial charge in [0.25, 0.3) is 0 Å². The first-order valence-corrected chi connectivity index (χ1v) is 15.0. The van der Waals surface area contributed by atoms with Gasteiger partial charge in [0, 0.05) is 42.0 Å². The van der Waals surface area contributed by atoms with Crippen LogP contribution in [0.15, 0.2) is 72.9 Å². The molecular weight excluding hydrogens is 553 g/mol. The van der Waals surface area contributed by atoms with Crippen LogP contribution in [-0.2, 0) is 0 Å². The van der Waals surface area contributed by atoms with E-state index >= 15 is 0 Å². The van der Waals surface area contributed by atoms with Crippen molar-refractivity contribution in [3.05, 3.63) is 106 Å². The first-order valence-electron chi connectivity index (χ1n) is 14.2. The minimum atomic E-state index is -0.263. The van der Waals surface area contributed by atoms with Gasteiger partial charge in [-0.15, -0.1) is 0 Å². The van der Waals surface area contributed by atoms with E-state index in [9.17, 15) is 4.39 Å². The molecule has 2 aromatic heterocycles. The molecule has 2 fully saturated rings. The van der Waals surface area contributed by atoms with Crippen molar-refractivity contribution >= 4 is 40.3 Å². The highest BCUT2D eigenvalue weighted by Crippen LogP contribution is 2.45. The summed E-state index contributed by atoms with van der Waals surface area (Å²) in [5.41, 5.74) is 6.81. The number of halogens is 2. The van der Waals surface area contributed by atoms with Crippen LogP contribution in [0.4, 0.5) is 15.8 Å². The second-order valence-corrected chi connectivity index (χ2v) is 12.4. The molecule has 0 bridgehead atoms. The van der Waals surface area contributed by atoms with Crippen molar-refractivity contribution in [1.82, 2.24) is 14.9 Å². The molecule has 1 N–H and O–H groups in total. The molecule has 2 saturated heterocycles. The molecule has 6 rings (SSSR count). The predicted octanol–water partition coefficient (Wildman–Crippen LogP) is 7.94. The monoisotopic (exact) mass is 587 g/mol. The van der Waals surface area contributed by atoms with Gasteiger partial charge in [0.05, 0.1) is 28.5 Å². The number of aromatic nitrogens is 2. The molecule has 8 heteroatoms. The Hall–Kier alpha value is -3.42. The summed E-state index contributed by atoms with van der Waals surface area (Å²) < 4.78 is 16.3. The summed E-state index contributed by atoms with van der Waals surface area (Å²) in [6.07, 6.45) is 3.05. The van der Waals surface area contributed by atoms with Gasteiger partial charge in [-0.2, -0.15) is 0 Å². The number of rotatable bonds is 5. The van der Waals surface area contributed by atoms with E-state index in [0.717, 1.165) is 57.8 Å². The van der Waals surface area contributed by atoms with Gasteiger partial charge < -0.3 is 19.7 Å². The van der Waals surface area contributed by atoms with Crippen molar-refractivity contribution in [1.29, 1.82) is 0 Å². The number of nitrogens with one attached hydrogen (secondary N) is 1. The topological polar surface area (TPSA) is 36.3 Å². The maximum absolute atomic E-state index is 14.2. The Bertz CT molecular complexity index is 1580. The molecule has 212 valence electrons. The number of pyridine rings is 1. The van der Waals surface area contributed by atoms with Crippen molar-refractivity contribution in [2.45, 2.75) is 46.2 Å². The molecule has 0 radical (unpaired) electrons. The highest BCUT2D eigenvalue weighted by atomic mass is 35.5. The van der Waals surface area contributed by atoms with E-state index in [-0.39, 0.29) is 17.9 Å².